The highest BCUT2D eigenvalue weighted by molar-refractivity contribution is 7.98. The first-order valence-corrected chi connectivity index (χ1v) is 7.49. The Hall–Kier alpha value is -0.810. The molecule has 0 aliphatic carbocycles. The number of halogens is 3. The molecule has 2 aromatic rings. The number of thioether (sulfide) groups is 1. The molecular formula is C12H13ClF2N2S. The quantitative estimate of drug-likeness (QED) is 0.785. The highest BCUT2D eigenvalue weighted by Gasteiger charge is 2.14. The molecule has 0 spiro atoms. The molecule has 0 N–H and O–H groups in total. The van der Waals surface area contributed by atoms with Crippen LogP contribution < -0.4 is 0 Å². The Bertz CT molecular complexity index is 556. The van der Waals surface area contributed by atoms with Gasteiger partial charge in [0.1, 0.15) is 17.2 Å². The standard InChI is InChI=1S/C12H13ClF2N2S/c1-18-5-4-17-10-7-8(14)6-9(15)12(10)16-11(17)2-3-13/h6-7H,2-5H2,1H3. The summed E-state index contributed by atoms with van der Waals surface area (Å²) in [4.78, 5) is 4.22. The van der Waals surface area contributed by atoms with E-state index in [4.69, 9.17) is 11.6 Å². The van der Waals surface area contributed by atoms with Crippen molar-refractivity contribution in [3.63, 3.8) is 0 Å². The van der Waals surface area contributed by atoms with Crippen LogP contribution in [0.25, 0.3) is 11.0 Å². The molecule has 0 fully saturated rings. The molecule has 0 bridgehead atoms. The van der Waals surface area contributed by atoms with E-state index >= 15 is 0 Å². The number of benzene rings is 1. The summed E-state index contributed by atoms with van der Waals surface area (Å²) in [5, 5.41) is 0. The highest BCUT2D eigenvalue weighted by atomic mass is 35.5. The van der Waals surface area contributed by atoms with Gasteiger partial charge in [-0.3, -0.25) is 0 Å². The van der Waals surface area contributed by atoms with E-state index in [1.807, 2.05) is 10.8 Å². The zero-order valence-corrected chi connectivity index (χ0v) is 11.5. The summed E-state index contributed by atoms with van der Waals surface area (Å²) in [5.41, 5.74) is 0.722. The molecule has 18 heavy (non-hydrogen) atoms. The molecule has 0 amide bonds. The monoisotopic (exact) mass is 290 g/mol. The van der Waals surface area contributed by atoms with Crippen LogP contribution in [0.4, 0.5) is 8.78 Å². The second-order valence-electron chi connectivity index (χ2n) is 3.87. The third kappa shape index (κ3) is 2.62. The van der Waals surface area contributed by atoms with Crippen LogP contribution in [0.3, 0.4) is 0 Å². The van der Waals surface area contributed by atoms with Crippen LogP contribution in [0.2, 0.25) is 0 Å². The lowest BCUT2D eigenvalue weighted by atomic mass is 10.3. The van der Waals surface area contributed by atoms with Gasteiger partial charge in [-0.1, -0.05) is 0 Å². The van der Waals surface area contributed by atoms with E-state index in [2.05, 4.69) is 4.98 Å². The third-order valence-electron chi connectivity index (χ3n) is 2.69. The fourth-order valence-electron chi connectivity index (χ4n) is 1.90. The summed E-state index contributed by atoms with van der Waals surface area (Å²) in [6.07, 6.45) is 2.53. The fourth-order valence-corrected chi connectivity index (χ4v) is 2.44. The van der Waals surface area contributed by atoms with Crippen molar-refractivity contribution in [3.8, 4) is 0 Å². The van der Waals surface area contributed by atoms with Crippen LogP contribution in [0.1, 0.15) is 5.82 Å². The summed E-state index contributed by atoms with van der Waals surface area (Å²) < 4.78 is 28.8. The van der Waals surface area contributed by atoms with Gasteiger partial charge in [-0.05, 0) is 12.3 Å². The van der Waals surface area contributed by atoms with E-state index in [9.17, 15) is 8.78 Å². The highest BCUT2D eigenvalue weighted by Crippen LogP contribution is 2.22. The van der Waals surface area contributed by atoms with Gasteiger partial charge in [0.15, 0.2) is 5.82 Å². The second-order valence-corrected chi connectivity index (χ2v) is 5.23. The number of rotatable bonds is 5. The predicted molar refractivity (Wildman–Crippen MR) is 72.5 cm³/mol. The van der Waals surface area contributed by atoms with E-state index in [0.29, 0.717) is 30.2 Å². The summed E-state index contributed by atoms with van der Waals surface area (Å²) in [6, 6.07) is 2.18. The predicted octanol–water partition coefficient (Wildman–Crippen LogP) is 3.46. The van der Waals surface area contributed by atoms with Gasteiger partial charge in [-0.2, -0.15) is 11.8 Å². The van der Waals surface area contributed by atoms with E-state index in [1.165, 1.54) is 6.07 Å². The van der Waals surface area contributed by atoms with Crippen molar-refractivity contribution in [2.45, 2.75) is 13.0 Å². The van der Waals surface area contributed by atoms with Crippen molar-refractivity contribution < 1.29 is 8.78 Å². The van der Waals surface area contributed by atoms with Crippen molar-refractivity contribution in [2.75, 3.05) is 17.9 Å². The molecule has 1 aromatic carbocycles. The number of hydrogen-bond acceptors (Lipinski definition) is 2. The smallest absolute Gasteiger partial charge is 0.153 e. The number of imidazole rings is 1. The molecule has 98 valence electrons. The topological polar surface area (TPSA) is 17.8 Å². The molecule has 2 rings (SSSR count). The van der Waals surface area contributed by atoms with Crippen LogP contribution in [0, 0.1) is 11.6 Å². The second kappa shape index (κ2) is 5.89. The van der Waals surface area contributed by atoms with E-state index in [1.54, 1.807) is 11.8 Å². The van der Waals surface area contributed by atoms with E-state index in [0.717, 1.165) is 11.8 Å². The van der Waals surface area contributed by atoms with Gasteiger partial charge in [-0.15, -0.1) is 11.6 Å². The Morgan fingerprint density at radius 1 is 1.39 bits per heavy atom. The molecule has 0 saturated heterocycles. The molecule has 2 nitrogen and oxygen atoms in total. The van der Waals surface area contributed by atoms with Gasteiger partial charge in [0.05, 0.1) is 5.52 Å². The molecule has 0 atom stereocenters. The van der Waals surface area contributed by atoms with Gasteiger partial charge in [0.25, 0.3) is 0 Å². The molecule has 1 aromatic heterocycles. The van der Waals surface area contributed by atoms with Gasteiger partial charge in [0, 0.05) is 30.7 Å². The number of nitrogens with zero attached hydrogens (tertiary/aromatic N) is 2. The maximum Gasteiger partial charge on any atom is 0.153 e. The minimum Gasteiger partial charge on any atom is -0.327 e. The Morgan fingerprint density at radius 3 is 2.83 bits per heavy atom. The molecule has 1 heterocycles. The molecule has 6 heteroatoms. The Morgan fingerprint density at radius 2 is 2.17 bits per heavy atom. The maximum atomic E-state index is 13.6. The Balaban J connectivity index is 2.57. The molecule has 0 saturated carbocycles. The number of aromatic nitrogens is 2. The first-order chi connectivity index (χ1) is 8.67. The van der Waals surface area contributed by atoms with E-state index in [-0.39, 0.29) is 5.52 Å². The average molecular weight is 291 g/mol. The van der Waals surface area contributed by atoms with Crippen molar-refractivity contribution >= 4 is 34.4 Å². The minimum absolute atomic E-state index is 0.220. The summed E-state index contributed by atoms with van der Waals surface area (Å²) in [6.45, 7) is 0.673. The SMILES string of the molecule is CSCCn1c(CCCl)nc2c(F)cc(F)cc21. The largest absolute Gasteiger partial charge is 0.327 e. The van der Waals surface area contributed by atoms with Crippen molar-refractivity contribution in [1.82, 2.24) is 9.55 Å². The first-order valence-electron chi connectivity index (χ1n) is 5.56. The number of alkyl halides is 1. The molecular weight excluding hydrogens is 278 g/mol. The molecule has 0 aliphatic heterocycles. The maximum absolute atomic E-state index is 13.6. The summed E-state index contributed by atoms with van der Waals surface area (Å²) in [7, 11) is 0. The van der Waals surface area contributed by atoms with Crippen LogP contribution >= 0.6 is 23.4 Å². The molecule has 0 aliphatic rings. The normalized spacial score (nSPS) is 11.3. The van der Waals surface area contributed by atoms with Gasteiger partial charge in [0.2, 0.25) is 0 Å². The Labute approximate surface area is 113 Å². The number of fused-ring (bicyclic) bond motifs is 1. The first kappa shape index (κ1) is 13.6. The average Bonchev–Trinajstić information content (AvgIpc) is 2.65. The van der Waals surface area contributed by atoms with Gasteiger partial charge < -0.3 is 4.57 Å². The summed E-state index contributed by atoms with van der Waals surface area (Å²) in [5.74, 6) is 0.774. The van der Waals surface area contributed by atoms with Crippen molar-refractivity contribution in [2.24, 2.45) is 0 Å². The van der Waals surface area contributed by atoms with Crippen LogP contribution in [0.5, 0.6) is 0 Å². The Kier molecular flexibility index (Phi) is 4.45. The summed E-state index contributed by atoms with van der Waals surface area (Å²) >= 11 is 7.39. The van der Waals surface area contributed by atoms with Crippen molar-refractivity contribution in [1.29, 1.82) is 0 Å². The van der Waals surface area contributed by atoms with Crippen LogP contribution in [0.15, 0.2) is 12.1 Å². The lowest BCUT2D eigenvalue weighted by Crippen LogP contribution is -2.06. The zero-order chi connectivity index (χ0) is 13.1. The van der Waals surface area contributed by atoms with Gasteiger partial charge >= 0.3 is 0 Å². The lowest BCUT2D eigenvalue weighted by Gasteiger charge is -2.07. The van der Waals surface area contributed by atoms with Gasteiger partial charge in [-0.25, -0.2) is 13.8 Å². The van der Waals surface area contributed by atoms with Crippen LogP contribution in [-0.2, 0) is 13.0 Å². The zero-order valence-electron chi connectivity index (χ0n) is 9.92. The fraction of sp³-hybridized carbons (Fsp3) is 0.417. The minimum atomic E-state index is -0.622. The number of aryl methyl sites for hydroxylation is 2. The van der Waals surface area contributed by atoms with E-state index < -0.39 is 11.6 Å². The van der Waals surface area contributed by atoms with Crippen LogP contribution in [-0.4, -0.2) is 27.4 Å². The molecule has 0 radical (unpaired) electrons. The van der Waals surface area contributed by atoms with Crippen molar-refractivity contribution in [3.05, 3.63) is 29.6 Å². The molecule has 0 unspecified atom stereocenters. The number of hydrogen-bond donors (Lipinski definition) is 0. The third-order valence-corrected chi connectivity index (χ3v) is 3.47. The lowest BCUT2D eigenvalue weighted by molar-refractivity contribution is 0.590.